The van der Waals surface area contributed by atoms with Gasteiger partial charge in [0.2, 0.25) is 5.91 Å². The van der Waals surface area contributed by atoms with Gasteiger partial charge in [0.15, 0.2) is 5.78 Å². The topological polar surface area (TPSA) is 46.2 Å². The maximum Gasteiger partial charge on any atom is 0.224 e. The maximum absolute atomic E-state index is 12.8. The first-order valence-corrected chi connectivity index (χ1v) is 9.02. The van der Waals surface area contributed by atoms with E-state index in [0.717, 1.165) is 32.1 Å². The Morgan fingerprint density at radius 1 is 1.26 bits per heavy atom. The number of carbonyl (C=O) groups is 2. The molecular weight excluding hydrogens is 310 g/mol. The van der Waals surface area contributed by atoms with Crippen LogP contribution in [-0.2, 0) is 4.79 Å². The van der Waals surface area contributed by atoms with Crippen molar-refractivity contribution in [2.24, 2.45) is 11.8 Å². The molecule has 0 spiro atoms. The fourth-order valence-electron chi connectivity index (χ4n) is 3.08. The van der Waals surface area contributed by atoms with Crippen molar-refractivity contribution in [3.63, 3.8) is 0 Å². The van der Waals surface area contributed by atoms with E-state index in [1.165, 1.54) is 6.42 Å². The molecule has 2 rings (SSSR count). The van der Waals surface area contributed by atoms with Gasteiger partial charge in [0, 0.05) is 22.9 Å². The number of anilines is 1. The Bertz CT molecular complexity index is 564. The number of hydrogen-bond donors (Lipinski definition) is 1. The van der Waals surface area contributed by atoms with Gasteiger partial charge in [-0.05, 0) is 37.0 Å². The number of hydrogen-bond acceptors (Lipinski definition) is 2. The first-order chi connectivity index (χ1) is 11.0. The maximum atomic E-state index is 12.8. The van der Waals surface area contributed by atoms with Crippen molar-refractivity contribution in [3.05, 3.63) is 28.8 Å². The Morgan fingerprint density at radius 2 is 1.96 bits per heavy atom. The molecule has 0 unspecified atom stereocenters. The zero-order valence-electron chi connectivity index (χ0n) is 14.0. The van der Waals surface area contributed by atoms with Gasteiger partial charge in [0.1, 0.15) is 0 Å². The molecule has 1 N–H and O–H groups in total. The van der Waals surface area contributed by atoms with Crippen molar-refractivity contribution in [2.75, 3.05) is 5.32 Å². The molecule has 4 heteroatoms. The normalized spacial score (nSPS) is 16.8. The highest BCUT2D eigenvalue weighted by atomic mass is 35.5. The second-order valence-corrected chi connectivity index (χ2v) is 7.09. The zero-order chi connectivity index (χ0) is 16.8. The lowest BCUT2D eigenvalue weighted by Crippen LogP contribution is -2.21. The lowest BCUT2D eigenvalue weighted by Gasteiger charge is -2.22. The van der Waals surface area contributed by atoms with Gasteiger partial charge in [0.25, 0.3) is 0 Å². The molecule has 1 amide bonds. The van der Waals surface area contributed by atoms with Crippen LogP contribution < -0.4 is 5.32 Å². The molecule has 1 aromatic carbocycles. The van der Waals surface area contributed by atoms with Crippen LogP contribution in [0.5, 0.6) is 0 Å². The lowest BCUT2D eigenvalue weighted by atomic mass is 9.83. The Morgan fingerprint density at radius 3 is 2.61 bits per heavy atom. The molecule has 1 atom stereocenters. The van der Waals surface area contributed by atoms with Gasteiger partial charge >= 0.3 is 0 Å². The predicted octanol–water partition coefficient (Wildman–Crippen LogP) is 5.48. The van der Waals surface area contributed by atoms with Crippen LogP contribution in [0, 0.1) is 11.8 Å². The largest absolute Gasteiger partial charge is 0.325 e. The number of carbonyl (C=O) groups excluding carboxylic acids is 2. The van der Waals surface area contributed by atoms with E-state index in [2.05, 4.69) is 19.2 Å². The quantitative estimate of drug-likeness (QED) is 0.700. The number of ketones is 1. The zero-order valence-corrected chi connectivity index (χ0v) is 14.8. The number of rotatable bonds is 6. The minimum absolute atomic E-state index is 0.0423. The van der Waals surface area contributed by atoms with Crippen molar-refractivity contribution < 1.29 is 9.59 Å². The van der Waals surface area contributed by atoms with E-state index < -0.39 is 0 Å². The van der Waals surface area contributed by atoms with E-state index >= 15 is 0 Å². The summed E-state index contributed by atoms with van der Waals surface area (Å²) in [7, 11) is 0. The van der Waals surface area contributed by atoms with Crippen LogP contribution in [0.25, 0.3) is 0 Å². The first-order valence-electron chi connectivity index (χ1n) is 8.64. The summed E-state index contributed by atoms with van der Waals surface area (Å²) in [5, 5.41) is 3.44. The van der Waals surface area contributed by atoms with E-state index in [1.54, 1.807) is 18.2 Å². The summed E-state index contributed by atoms with van der Waals surface area (Å²) in [5.41, 5.74) is 1.15. The van der Waals surface area contributed by atoms with Crippen LogP contribution in [-0.4, -0.2) is 11.7 Å². The smallest absolute Gasteiger partial charge is 0.224 e. The Balaban J connectivity index is 2.16. The monoisotopic (exact) mass is 335 g/mol. The highest BCUT2D eigenvalue weighted by molar-refractivity contribution is 6.31. The highest BCUT2D eigenvalue weighted by Crippen LogP contribution is 2.31. The van der Waals surface area contributed by atoms with E-state index in [-0.39, 0.29) is 17.6 Å². The van der Waals surface area contributed by atoms with Gasteiger partial charge in [-0.3, -0.25) is 9.59 Å². The molecule has 1 saturated carbocycles. The number of halogens is 1. The molecule has 23 heavy (non-hydrogen) atoms. The standard InChI is InChI=1S/C19H26ClNO2/c1-3-13(2)11-18(22)21-17-10-9-15(20)12-16(17)19(23)14-7-5-4-6-8-14/h9-10,12-14H,3-8,11H2,1-2H3,(H,21,22)/t13-/m0/s1. The molecule has 3 nitrogen and oxygen atoms in total. The van der Waals surface area contributed by atoms with Gasteiger partial charge in [-0.15, -0.1) is 0 Å². The number of nitrogens with one attached hydrogen (secondary N) is 1. The predicted molar refractivity (Wildman–Crippen MR) is 95.1 cm³/mol. The molecule has 0 aliphatic heterocycles. The Labute approximate surface area is 143 Å². The van der Waals surface area contributed by atoms with E-state index in [9.17, 15) is 9.59 Å². The summed E-state index contributed by atoms with van der Waals surface area (Å²) in [5.74, 6) is 0.470. The summed E-state index contributed by atoms with van der Waals surface area (Å²) in [6, 6.07) is 5.16. The minimum atomic E-state index is -0.0423. The molecule has 0 saturated heterocycles. The molecule has 1 fully saturated rings. The number of benzene rings is 1. The van der Waals surface area contributed by atoms with Gasteiger partial charge < -0.3 is 5.32 Å². The second kappa shape index (κ2) is 8.49. The molecule has 0 aromatic heterocycles. The molecular formula is C19H26ClNO2. The van der Waals surface area contributed by atoms with Gasteiger partial charge in [-0.2, -0.15) is 0 Å². The van der Waals surface area contributed by atoms with Crippen LogP contribution in [0.3, 0.4) is 0 Å². The van der Waals surface area contributed by atoms with E-state index in [0.29, 0.717) is 28.6 Å². The van der Waals surface area contributed by atoms with Gasteiger partial charge in [-0.25, -0.2) is 0 Å². The molecule has 1 aliphatic rings. The second-order valence-electron chi connectivity index (χ2n) is 6.65. The Kier molecular flexibility index (Phi) is 6.64. The molecule has 0 radical (unpaired) electrons. The van der Waals surface area contributed by atoms with Crippen LogP contribution in [0.4, 0.5) is 5.69 Å². The van der Waals surface area contributed by atoms with Gasteiger partial charge in [-0.1, -0.05) is 51.1 Å². The fourth-order valence-corrected chi connectivity index (χ4v) is 3.25. The van der Waals surface area contributed by atoms with E-state index in [1.807, 2.05) is 0 Å². The van der Waals surface area contributed by atoms with E-state index in [4.69, 9.17) is 11.6 Å². The third kappa shape index (κ3) is 5.07. The lowest BCUT2D eigenvalue weighted by molar-refractivity contribution is -0.117. The SMILES string of the molecule is CC[C@H](C)CC(=O)Nc1ccc(Cl)cc1C(=O)C1CCCCC1. The van der Waals surface area contributed by atoms with Crippen molar-refractivity contribution in [1.29, 1.82) is 0 Å². The molecule has 1 aromatic rings. The van der Waals surface area contributed by atoms with Crippen LogP contribution in [0.1, 0.15) is 69.2 Å². The minimum Gasteiger partial charge on any atom is -0.325 e. The summed E-state index contributed by atoms with van der Waals surface area (Å²) in [4.78, 5) is 25.0. The number of Topliss-reactive ketones (excluding diaryl/α,β-unsaturated/α-hetero) is 1. The first kappa shape index (κ1) is 18.0. The van der Waals surface area contributed by atoms with Crippen molar-refractivity contribution in [2.45, 2.75) is 58.8 Å². The Hall–Kier alpha value is -1.35. The highest BCUT2D eigenvalue weighted by Gasteiger charge is 2.25. The summed E-state index contributed by atoms with van der Waals surface area (Å²) >= 11 is 6.08. The fraction of sp³-hybridized carbons (Fsp3) is 0.579. The molecule has 1 aliphatic carbocycles. The van der Waals surface area contributed by atoms with Crippen LogP contribution >= 0.6 is 11.6 Å². The van der Waals surface area contributed by atoms with Crippen molar-refractivity contribution in [3.8, 4) is 0 Å². The molecule has 0 bridgehead atoms. The summed E-state index contributed by atoms with van der Waals surface area (Å²) in [6.45, 7) is 4.12. The average Bonchev–Trinajstić information content (AvgIpc) is 2.56. The van der Waals surface area contributed by atoms with Crippen molar-refractivity contribution in [1.82, 2.24) is 0 Å². The average molecular weight is 336 g/mol. The molecule has 0 heterocycles. The number of amides is 1. The van der Waals surface area contributed by atoms with Crippen LogP contribution in [0.2, 0.25) is 5.02 Å². The third-order valence-electron chi connectivity index (χ3n) is 4.73. The van der Waals surface area contributed by atoms with Crippen molar-refractivity contribution >= 4 is 29.0 Å². The molecule has 126 valence electrons. The van der Waals surface area contributed by atoms with Crippen LogP contribution in [0.15, 0.2) is 18.2 Å². The van der Waals surface area contributed by atoms with Gasteiger partial charge in [0.05, 0.1) is 5.69 Å². The summed E-state index contributed by atoms with van der Waals surface area (Å²) < 4.78 is 0. The summed E-state index contributed by atoms with van der Waals surface area (Å²) in [6.07, 6.45) is 6.71. The third-order valence-corrected chi connectivity index (χ3v) is 4.96.